The van der Waals surface area contributed by atoms with Crippen molar-refractivity contribution in [3.63, 3.8) is 0 Å². The smallest absolute Gasteiger partial charge is 0.163 e. The highest BCUT2D eigenvalue weighted by Crippen LogP contribution is 2.19. The fraction of sp³-hybridized carbons (Fsp3) is 0.545. The van der Waals surface area contributed by atoms with Crippen molar-refractivity contribution in [3.8, 4) is 0 Å². The van der Waals surface area contributed by atoms with Crippen LogP contribution >= 0.6 is 0 Å². The van der Waals surface area contributed by atoms with Crippen molar-refractivity contribution >= 4 is 16.9 Å². The molecule has 0 bridgehead atoms. The Morgan fingerprint density at radius 1 is 1.44 bits per heavy atom. The highest BCUT2D eigenvalue weighted by Gasteiger charge is 2.09. The van der Waals surface area contributed by atoms with Gasteiger partial charge >= 0.3 is 0 Å². The van der Waals surface area contributed by atoms with Crippen LogP contribution in [0.4, 0.5) is 5.82 Å². The summed E-state index contributed by atoms with van der Waals surface area (Å²) in [5.74, 6) is 0.874. The Morgan fingerprint density at radius 2 is 2.25 bits per heavy atom. The number of fused-ring (bicyclic) bond motifs is 1. The molecule has 86 valence electrons. The molecule has 1 N–H and O–H groups in total. The van der Waals surface area contributed by atoms with Gasteiger partial charge in [-0.1, -0.05) is 13.3 Å². The van der Waals surface area contributed by atoms with Crippen molar-refractivity contribution in [3.05, 3.63) is 12.5 Å². The van der Waals surface area contributed by atoms with Gasteiger partial charge < -0.3 is 5.32 Å². The minimum absolute atomic E-state index is 0.420. The fourth-order valence-corrected chi connectivity index (χ4v) is 1.82. The van der Waals surface area contributed by atoms with Gasteiger partial charge in [0.05, 0.1) is 11.6 Å². The summed E-state index contributed by atoms with van der Waals surface area (Å²) in [5, 5.41) is 8.56. The Kier molecular flexibility index (Phi) is 3.03. The summed E-state index contributed by atoms with van der Waals surface area (Å²) in [7, 11) is 1.88. The molecule has 0 aliphatic rings. The zero-order valence-electron chi connectivity index (χ0n) is 9.94. The highest BCUT2D eigenvalue weighted by atomic mass is 15.3. The molecule has 0 aliphatic heterocycles. The third-order valence-electron chi connectivity index (χ3n) is 2.63. The average Bonchev–Trinajstić information content (AvgIpc) is 2.62. The van der Waals surface area contributed by atoms with Crippen LogP contribution in [0.2, 0.25) is 0 Å². The molecule has 2 aromatic heterocycles. The zero-order chi connectivity index (χ0) is 11.5. The van der Waals surface area contributed by atoms with Crippen LogP contribution in [-0.4, -0.2) is 25.8 Å². The van der Waals surface area contributed by atoms with E-state index in [-0.39, 0.29) is 0 Å². The van der Waals surface area contributed by atoms with Gasteiger partial charge in [-0.2, -0.15) is 5.10 Å². The van der Waals surface area contributed by atoms with E-state index in [1.54, 1.807) is 17.2 Å². The van der Waals surface area contributed by atoms with E-state index < -0.39 is 0 Å². The van der Waals surface area contributed by atoms with E-state index in [1.165, 1.54) is 0 Å². The van der Waals surface area contributed by atoms with Gasteiger partial charge in [0, 0.05) is 13.1 Å². The average molecular weight is 219 g/mol. The van der Waals surface area contributed by atoms with Gasteiger partial charge in [0.1, 0.15) is 12.1 Å². The molecule has 16 heavy (non-hydrogen) atoms. The molecule has 0 aliphatic carbocycles. The van der Waals surface area contributed by atoms with Gasteiger partial charge in [0.2, 0.25) is 0 Å². The second-order valence-corrected chi connectivity index (χ2v) is 4.06. The summed E-state index contributed by atoms with van der Waals surface area (Å²) in [6.45, 7) is 4.34. The number of nitrogens with one attached hydrogen (secondary N) is 1. The van der Waals surface area contributed by atoms with Crippen LogP contribution in [0.3, 0.4) is 0 Å². The number of rotatable bonds is 4. The van der Waals surface area contributed by atoms with Gasteiger partial charge in [0.15, 0.2) is 5.65 Å². The first-order valence-corrected chi connectivity index (χ1v) is 5.61. The van der Waals surface area contributed by atoms with E-state index in [1.807, 2.05) is 7.05 Å². The standard InChI is InChI=1S/C11H17N5/c1-4-5-8(2)15-10-9-6-14-16(3)11(9)13-7-12-10/h6-8H,4-5H2,1-3H3,(H,12,13,15). The normalized spacial score (nSPS) is 12.9. The van der Waals surface area contributed by atoms with Crippen molar-refractivity contribution in [2.45, 2.75) is 32.7 Å². The summed E-state index contributed by atoms with van der Waals surface area (Å²) in [6.07, 6.45) is 5.67. The Labute approximate surface area is 94.9 Å². The first-order chi connectivity index (χ1) is 7.72. The molecule has 0 radical (unpaired) electrons. The maximum absolute atomic E-state index is 4.27. The number of hydrogen-bond donors (Lipinski definition) is 1. The van der Waals surface area contributed by atoms with Crippen LogP contribution in [0.5, 0.6) is 0 Å². The number of aromatic nitrogens is 4. The highest BCUT2D eigenvalue weighted by molar-refractivity contribution is 5.86. The Hall–Kier alpha value is -1.65. The lowest BCUT2D eigenvalue weighted by molar-refractivity contribution is 0.688. The van der Waals surface area contributed by atoms with Crippen molar-refractivity contribution in [1.29, 1.82) is 0 Å². The van der Waals surface area contributed by atoms with Crippen LogP contribution in [0.15, 0.2) is 12.5 Å². The summed E-state index contributed by atoms with van der Waals surface area (Å²) in [6, 6.07) is 0.420. The summed E-state index contributed by atoms with van der Waals surface area (Å²) in [4.78, 5) is 8.47. The minimum atomic E-state index is 0.420. The van der Waals surface area contributed by atoms with Crippen molar-refractivity contribution in [2.75, 3.05) is 5.32 Å². The largest absolute Gasteiger partial charge is 0.367 e. The summed E-state index contributed by atoms with van der Waals surface area (Å²) < 4.78 is 1.76. The molecular formula is C11H17N5. The molecule has 2 aromatic rings. The van der Waals surface area contributed by atoms with E-state index in [4.69, 9.17) is 0 Å². The van der Waals surface area contributed by atoms with Gasteiger partial charge in [-0.25, -0.2) is 9.97 Å². The zero-order valence-corrected chi connectivity index (χ0v) is 9.94. The molecule has 0 saturated carbocycles. The van der Waals surface area contributed by atoms with Crippen molar-refractivity contribution < 1.29 is 0 Å². The minimum Gasteiger partial charge on any atom is -0.367 e. The summed E-state index contributed by atoms with van der Waals surface area (Å²) in [5.41, 5.74) is 0.862. The van der Waals surface area contributed by atoms with Crippen LogP contribution in [0.1, 0.15) is 26.7 Å². The molecule has 1 atom stereocenters. The van der Waals surface area contributed by atoms with Gasteiger partial charge in [-0.05, 0) is 13.3 Å². The maximum atomic E-state index is 4.27. The lowest BCUT2D eigenvalue weighted by atomic mass is 10.2. The monoisotopic (exact) mass is 219 g/mol. The molecule has 2 rings (SSSR count). The van der Waals surface area contributed by atoms with Crippen LogP contribution < -0.4 is 5.32 Å². The van der Waals surface area contributed by atoms with Gasteiger partial charge in [-0.15, -0.1) is 0 Å². The predicted octanol–water partition coefficient (Wildman–Crippen LogP) is 1.96. The number of aryl methyl sites for hydroxylation is 1. The van der Waals surface area contributed by atoms with Crippen molar-refractivity contribution in [1.82, 2.24) is 19.7 Å². The van der Waals surface area contributed by atoms with Crippen LogP contribution in [0, 0.1) is 0 Å². The quantitative estimate of drug-likeness (QED) is 0.854. The Balaban J connectivity index is 2.30. The number of anilines is 1. The molecule has 0 saturated heterocycles. The molecule has 0 spiro atoms. The molecule has 0 amide bonds. The van der Waals surface area contributed by atoms with Crippen LogP contribution in [-0.2, 0) is 7.05 Å². The molecule has 5 heteroatoms. The van der Waals surface area contributed by atoms with E-state index in [9.17, 15) is 0 Å². The first-order valence-electron chi connectivity index (χ1n) is 5.61. The van der Waals surface area contributed by atoms with Gasteiger partial charge in [0.25, 0.3) is 0 Å². The molecule has 0 aromatic carbocycles. The second kappa shape index (κ2) is 4.47. The molecule has 0 fully saturated rings. The lowest BCUT2D eigenvalue weighted by Crippen LogP contribution is -2.15. The molecule has 1 unspecified atom stereocenters. The lowest BCUT2D eigenvalue weighted by Gasteiger charge is -2.13. The topological polar surface area (TPSA) is 55.6 Å². The molecule has 5 nitrogen and oxygen atoms in total. The van der Waals surface area contributed by atoms with E-state index in [2.05, 4.69) is 34.2 Å². The van der Waals surface area contributed by atoms with Gasteiger partial charge in [-0.3, -0.25) is 4.68 Å². The molecule has 2 heterocycles. The number of nitrogens with zero attached hydrogens (tertiary/aromatic N) is 4. The maximum Gasteiger partial charge on any atom is 0.163 e. The van der Waals surface area contributed by atoms with E-state index in [0.717, 1.165) is 29.7 Å². The second-order valence-electron chi connectivity index (χ2n) is 4.06. The third-order valence-corrected chi connectivity index (χ3v) is 2.63. The Bertz CT molecular complexity index is 476. The Morgan fingerprint density at radius 3 is 3.00 bits per heavy atom. The van der Waals surface area contributed by atoms with E-state index in [0.29, 0.717) is 6.04 Å². The summed E-state index contributed by atoms with van der Waals surface area (Å²) >= 11 is 0. The SMILES string of the molecule is CCCC(C)Nc1ncnc2c1cnn2C. The van der Waals surface area contributed by atoms with Crippen molar-refractivity contribution in [2.24, 2.45) is 7.05 Å². The van der Waals surface area contributed by atoms with E-state index >= 15 is 0 Å². The predicted molar refractivity (Wildman–Crippen MR) is 64.3 cm³/mol. The first kappa shape index (κ1) is 10.9. The molecular weight excluding hydrogens is 202 g/mol. The fourth-order valence-electron chi connectivity index (χ4n) is 1.82. The van der Waals surface area contributed by atoms with Crippen LogP contribution in [0.25, 0.3) is 11.0 Å². The number of hydrogen-bond acceptors (Lipinski definition) is 4. The third kappa shape index (κ3) is 1.98.